The summed E-state index contributed by atoms with van der Waals surface area (Å²) < 4.78 is 0. The van der Waals surface area contributed by atoms with Crippen LogP contribution >= 0.6 is 0 Å². The predicted molar refractivity (Wildman–Crippen MR) is 64.9 cm³/mol. The number of nitrogens with two attached hydrogens (primary N) is 1. The molecule has 1 saturated heterocycles. The molecule has 3 unspecified atom stereocenters. The average Bonchev–Trinajstić information content (AvgIpc) is 2.28. The minimum Gasteiger partial charge on any atom is -0.342 e. The molecule has 0 aromatic carbocycles. The maximum absolute atomic E-state index is 12.3. The van der Waals surface area contributed by atoms with Gasteiger partial charge in [0, 0.05) is 25.0 Å². The molecule has 0 bridgehead atoms. The summed E-state index contributed by atoms with van der Waals surface area (Å²) in [4.78, 5) is 14.4. The predicted octanol–water partition coefficient (Wildman–Crippen LogP) is 1.76. The molecule has 1 aliphatic carbocycles. The molecule has 3 nitrogen and oxygen atoms in total. The molecule has 1 aliphatic heterocycles. The Balaban J connectivity index is 1.92. The normalized spacial score (nSPS) is 36.1. The first-order chi connectivity index (χ1) is 7.66. The van der Waals surface area contributed by atoms with Gasteiger partial charge in [-0.1, -0.05) is 6.92 Å². The number of piperidine rings is 1. The van der Waals surface area contributed by atoms with E-state index in [2.05, 4.69) is 11.8 Å². The molecule has 0 spiro atoms. The lowest BCUT2D eigenvalue weighted by molar-refractivity contribution is -0.138. The molecule has 92 valence electrons. The lowest BCUT2D eigenvalue weighted by Crippen LogP contribution is -2.44. The van der Waals surface area contributed by atoms with Gasteiger partial charge >= 0.3 is 0 Å². The summed E-state index contributed by atoms with van der Waals surface area (Å²) in [7, 11) is 0. The molecule has 3 heteroatoms. The van der Waals surface area contributed by atoms with Gasteiger partial charge in [0.2, 0.25) is 5.91 Å². The van der Waals surface area contributed by atoms with E-state index in [0.29, 0.717) is 11.8 Å². The molecular weight excluding hydrogens is 200 g/mol. The number of hydrogen-bond donors (Lipinski definition) is 1. The Morgan fingerprint density at radius 1 is 1.12 bits per heavy atom. The molecule has 1 saturated carbocycles. The zero-order valence-corrected chi connectivity index (χ0v) is 10.3. The van der Waals surface area contributed by atoms with Crippen LogP contribution in [0, 0.1) is 11.8 Å². The SMILES string of the molecule is CC1CC(N)CC(C(=O)N2CCCCC2)C1. The van der Waals surface area contributed by atoms with Crippen molar-refractivity contribution >= 4 is 5.91 Å². The van der Waals surface area contributed by atoms with E-state index in [1.54, 1.807) is 0 Å². The van der Waals surface area contributed by atoms with Crippen LogP contribution < -0.4 is 5.73 Å². The quantitative estimate of drug-likeness (QED) is 0.737. The van der Waals surface area contributed by atoms with Crippen molar-refractivity contribution in [2.24, 2.45) is 17.6 Å². The topological polar surface area (TPSA) is 46.3 Å². The highest BCUT2D eigenvalue weighted by Gasteiger charge is 2.32. The summed E-state index contributed by atoms with van der Waals surface area (Å²) in [6.07, 6.45) is 6.68. The zero-order valence-electron chi connectivity index (χ0n) is 10.3. The number of amides is 1. The Morgan fingerprint density at radius 2 is 1.81 bits per heavy atom. The lowest BCUT2D eigenvalue weighted by atomic mass is 9.79. The lowest BCUT2D eigenvalue weighted by Gasteiger charge is -2.35. The van der Waals surface area contributed by atoms with Crippen LogP contribution in [0.1, 0.15) is 45.4 Å². The number of carbonyl (C=O) groups is 1. The van der Waals surface area contributed by atoms with Gasteiger partial charge in [-0.3, -0.25) is 4.79 Å². The van der Waals surface area contributed by atoms with E-state index in [1.807, 2.05) is 0 Å². The van der Waals surface area contributed by atoms with Gasteiger partial charge < -0.3 is 10.6 Å². The third-order valence-electron chi connectivity index (χ3n) is 4.00. The van der Waals surface area contributed by atoms with Gasteiger partial charge in [-0.2, -0.15) is 0 Å². The molecule has 2 fully saturated rings. The van der Waals surface area contributed by atoms with Crippen molar-refractivity contribution < 1.29 is 4.79 Å². The van der Waals surface area contributed by atoms with Gasteiger partial charge in [0.05, 0.1) is 0 Å². The highest BCUT2D eigenvalue weighted by molar-refractivity contribution is 5.79. The van der Waals surface area contributed by atoms with Gasteiger partial charge in [0.25, 0.3) is 0 Å². The molecule has 2 aliphatic rings. The summed E-state index contributed by atoms with van der Waals surface area (Å²) in [5, 5.41) is 0. The summed E-state index contributed by atoms with van der Waals surface area (Å²) in [6.45, 7) is 4.16. The third kappa shape index (κ3) is 2.76. The van der Waals surface area contributed by atoms with Crippen LogP contribution in [0.5, 0.6) is 0 Å². The highest BCUT2D eigenvalue weighted by atomic mass is 16.2. The molecular formula is C13H24N2O. The first-order valence-electron chi connectivity index (χ1n) is 6.71. The molecule has 1 heterocycles. The second-order valence-corrected chi connectivity index (χ2v) is 5.66. The van der Waals surface area contributed by atoms with Crippen molar-refractivity contribution in [3.63, 3.8) is 0 Å². The molecule has 2 N–H and O–H groups in total. The van der Waals surface area contributed by atoms with Crippen molar-refractivity contribution in [2.75, 3.05) is 13.1 Å². The fourth-order valence-corrected chi connectivity index (χ4v) is 3.23. The summed E-state index contributed by atoms with van der Waals surface area (Å²) in [5.41, 5.74) is 6.01. The van der Waals surface area contributed by atoms with E-state index in [9.17, 15) is 4.79 Å². The standard InChI is InChI=1S/C13H24N2O/c1-10-7-11(9-12(14)8-10)13(16)15-5-3-2-4-6-15/h10-12H,2-9,14H2,1H3. The third-order valence-corrected chi connectivity index (χ3v) is 4.00. The number of nitrogens with zero attached hydrogens (tertiary/aromatic N) is 1. The van der Waals surface area contributed by atoms with Crippen LogP contribution in [0.4, 0.5) is 0 Å². The van der Waals surface area contributed by atoms with Crippen molar-refractivity contribution in [1.82, 2.24) is 4.90 Å². The molecule has 0 radical (unpaired) electrons. The van der Waals surface area contributed by atoms with Crippen molar-refractivity contribution in [1.29, 1.82) is 0 Å². The van der Waals surface area contributed by atoms with E-state index < -0.39 is 0 Å². The first kappa shape index (κ1) is 11.9. The molecule has 2 rings (SSSR count). The van der Waals surface area contributed by atoms with Crippen molar-refractivity contribution in [3.8, 4) is 0 Å². The second-order valence-electron chi connectivity index (χ2n) is 5.66. The van der Waals surface area contributed by atoms with Crippen LogP contribution in [-0.2, 0) is 4.79 Å². The monoisotopic (exact) mass is 224 g/mol. The van der Waals surface area contributed by atoms with E-state index >= 15 is 0 Å². The molecule has 3 atom stereocenters. The average molecular weight is 224 g/mol. The number of rotatable bonds is 1. The minimum atomic E-state index is 0.205. The maximum atomic E-state index is 12.3. The zero-order chi connectivity index (χ0) is 11.5. The Bertz CT molecular complexity index is 238. The van der Waals surface area contributed by atoms with Crippen LogP contribution in [0.25, 0.3) is 0 Å². The second kappa shape index (κ2) is 5.17. The summed E-state index contributed by atoms with van der Waals surface area (Å²) in [6, 6.07) is 0.238. The first-order valence-corrected chi connectivity index (χ1v) is 6.71. The number of hydrogen-bond acceptors (Lipinski definition) is 2. The molecule has 0 aromatic rings. The van der Waals surface area contributed by atoms with Crippen molar-refractivity contribution in [2.45, 2.75) is 51.5 Å². The van der Waals surface area contributed by atoms with E-state index in [0.717, 1.165) is 32.4 Å². The Kier molecular flexibility index (Phi) is 3.85. The largest absolute Gasteiger partial charge is 0.342 e. The van der Waals surface area contributed by atoms with E-state index in [-0.39, 0.29) is 12.0 Å². The molecule has 0 aromatic heterocycles. The Morgan fingerprint density at radius 3 is 2.44 bits per heavy atom. The van der Waals surface area contributed by atoms with Crippen LogP contribution in [0.2, 0.25) is 0 Å². The smallest absolute Gasteiger partial charge is 0.225 e. The number of carbonyl (C=O) groups excluding carboxylic acids is 1. The van der Waals surface area contributed by atoms with Gasteiger partial charge in [0.15, 0.2) is 0 Å². The van der Waals surface area contributed by atoms with Crippen LogP contribution in [-0.4, -0.2) is 29.9 Å². The van der Waals surface area contributed by atoms with Crippen LogP contribution in [0.15, 0.2) is 0 Å². The van der Waals surface area contributed by atoms with E-state index in [1.165, 1.54) is 19.3 Å². The Labute approximate surface area is 98.4 Å². The fraction of sp³-hybridized carbons (Fsp3) is 0.923. The maximum Gasteiger partial charge on any atom is 0.225 e. The van der Waals surface area contributed by atoms with Gasteiger partial charge in [0.1, 0.15) is 0 Å². The van der Waals surface area contributed by atoms with Crippen LogP contribution in [0.3, 0.4) is 0 Å². The van der Waals surface area contributed by atoms with Gasteiger partial charge in [-0.05, 0) is 44.4 Å². The number of likely N-dealkylation sites (tertiary alicyclic amines) is 1. The fourth-order valence-electron chi connectivity index (χ4n) is 3.23. The molecule has 1 amide bonds. The molecule has 16 heavy (non-hydrogen) atoms. The highest BCUT2D eigenvalue weighted by Crippen LogP contribution is 2.30. The van der Waals surface area contributed by atoms with Crippen molar-refractivity contribution in [3.05, 3.63) is 0 Å². The Hall–Kier alpha value is -0.570. The van der Waals surface area contributed by atoms with Gasteiger partial charge in [-0.15, -0.1) is 0 Å². The minimum absolute atomic E-state index is 0.205. The van der Waals surface area contributed by atoms with E-state index in [4.69, 9.17) is 5.73 Å². The van der Waals surface area contributed by atoms with Gasteiger partial charge in [-0.25, -0.2) is 0 Å². The summed E-state index contributed by atoms with van der Waals surface area (Å²) in [5.74, 6) is 1.20. The summed E-state index contributed by atoms with van der Waals surface area (Å²) >= 11 is 0.